The number of likely N-dealkylation sites (N-methyl/N-ethyl adjacent to an activating group) is 1. The number of pyridine rings is 1. The summed E-state index contributed by atoms with van der Waals surface area (Å²) in [7, 11) is 2.13. The first-order valence-electron chi connectivity index (χ1n) is 8.30. The van der Waals surface area contributed by atoms with Gasteiger partial charge in [-0.2, -0.15) is 0 Å². The molecule has 120 valence electrons. The van der Waals surface area contributed by atoms with Crippen LogP contribution in [0, 0.1) is 5.92 Å². The summed E-state index contributed by atoms with van der Waals surface area (Å²) in [5, 5.41) is 0. The zero-order valence-electron chi connectivity index (χ0n) is 13.6. The molecule has 2 fully saturated rings. The number of nitrogens with zero attached hydrogens (tertiary/aromatic N) is 4. The summed E-state index contributed by atoms with van der Waals surface area (Å²) >= 11 is 0. The number of rotatable bonds is 2. The molecule has 0 aliphatic carbocycles. The Morgan fingerprint density at radius 2 is 2.09 bits per heavy atom. The van der Waals surface area contributed by atoms with Crippen LogP contribution >= 0.6 is 0 Å². The van der Waals surface area contributed by atoms with Gasteiger partial charge in [-0.05, 0) is 38.9 Å². The molecule has 1 amide bonds. The van der Waals surface area contributed by atoms with Crippen molar-refractivity contribution in [3.63, 3.8) is 0 Å². The highest BCUT2D eigenvalue weighted by Crippen LogP contribution is 2.24. The molecular formula is C17H26N4O. The van der Waals surface area contributed by atoms with Gasteiger partial charge in [-0.25, -0.2) is 4.98 Å². The SMILES string of the molecule is C[C@H]1CN(C)CCN1C(=O)[C@@H]1CCCN(c2ccccn2)C1. The van der Waals surface area contributed by atoms with Crippen LogP contribution in [0.5, 0.6) is 0 Å². The van der Waals surface area contributed by atoms with Gasteiger partial charge in [0.2, 0.25) is 5.91 Å². The third-order valence-electron chi connectivity index (χ3n) is 4.86. The highest BCUT2D eigenvalue weighted by Gasteiger charge is 2.33. The van der Waals surface area contributed by atoms with Crippen molar-refractivity contribution in [2.24, 2.45) is 5.92 Å². The number of hydrogen-bond acceptors (Lipinski definition) is 4. The first-order chi connectivity index (χ1) is 10.6. The highest BCUT2D eigenvalue weighted by molar-refractivity contribution is 5.80. The Labute approximate surface area is 132 Å². The van der Waals surface area contributed by atoms with Gasteiger partial charge in [0.1, 0.15) is 5.82 Å². The molecule has 1 aromatic rings. The molecule has 2 aliphatic rings. The lowest BCUT2D eigenvalue weighted by Crippen LogP contribution is -2.56. The maximum Gasteiger partial charge on any atom is 0.227 e. The summed E-state index contributed by atoms with van der Waals surface area (Å²) in [4.78, 5) is 24.0. The van der Waals surface area contributed by atoms with Gasteiger partial charge in [0, 0.05) is 45.0 Å². The first kappa shape index (κ1) is 15.3. The number of hydrogen-bond donors (Lipinski definition) is 0. The van der Waals surface area contributed by atoms with E-state index in [-0.39, 0.29) is 5.92 Å². The van der Waals surface area contributed by atoms with Gasteiger partial charge in [0.25, 0.3) is 0 Å². The highest BCUT2D eigenvalue weighted by atomic mass is 16.2. The fourth-order valence-electron chi connectivity index (χ4n) is 3.63. The van der Waals surface area contributed by atoms with E-state index in [1.807, 2.05) is 24.4 Å². The molecule has 0 saturated carbocycles. The molecular weight excluding hydrogens is 276 g/mol. The van der Waals surface area contributed by atoms with Crippen molar-refractivity contribution in [2.45, 2.75) is 25.8 Å². The second-order valence-corrected chi connectivity index (χ2v) is 6.62. The maximum absolute atomic E-state index is 12.9. The molecule has 3 rings (SSSR count). The third-order valence-corrected chi connectivity index (χ3v) is 4.86. The average molecular weight is 302 g/mol. The van der Waals surface area contributed by atoms with Crippen LogP contribution in [-0.2, 0) is 4.79 Å². The topological polar surface area (TPSA) is 39.7 Å². The Morgan fingerprint density at radius 1 is 1.23 bits per heavy atom. The summed E-state index contributed by atoms with van der Waals surface area (Å²) in [5.74, 6) is 1.44. The van der Waals surface area contributed by atoms with Crippen molar-refractivity contribution in [3.05, 3.63) is 24.4 Å². The van der Waals surface area contributed by atoms with Crippen molar-refractivity contribution in [1.82, 2.24) is 14.8 Å². The van der Waals surface area contributed by atoms with Gasteiger partial charge in [-0.1, -0.05) is 6.07 Å². The summed E-state index contributed by atoms with van der Waals surface area (Å²) in [6, 6.07) is 6.29. The van der Waals surface area contributed by atoms with Crippen LogP contribution in [0.1, 0.15) is 19.8 Å². The van der Waals surface area contributed by atoms with Gasteiger partial charge in [0.05, 0.1) is 5.92 Å². The van der Waals surface area contributed by atoms with E-state index in [0.717, 1.165) is 51.4 Å². The Bertz CT molecular complexity index is 507. The van der Waals surface area contributed by atoms with Gasteiger partial charge >= 0.3 is 0 Å². The minimum atomic E-state index is 0.113. The quantitative estimate of drug-likeness (QED) is 0.829. The van der Waals surface area contributed by atoms with Crippen LogP contribution in [0.15, 0.2) is 24.4 Å². The number of carbonyl (C=O) groups is 1. The van der Waals surface area contributed by atoms with Crippen LogP contribution < -0.4 is 4.90 Å². The lowest BCUT2D eigenvalue weighted by Gasteiger charge is -2.42. The van der Waals surface area contributed by atoms with Crippen molar-refractivity contribution in [2.75, 3.05) is 44.7 Å². The summed E-state index contributed by atoms with van der Waals surface area (Å²) in [5.41, 5.74) is 0. The molecule has 5 heteroatoms. The van der Waals surface area contributed by atoms with Crippen molar-refractivity contribution >= 4 is 11.7 Å². The second-order valence-electron chi connectivity index (χ2n) is 6.62. The number of piperidine rings is 1. The molecule has 1 aromatic heterocycles. The Hall–Kier alpha value is -1.62. The Morgan fingerprint density at radius 3 is 2.82 bits per heavy atom. The smallest absolute Gasteiger partial charge is 0.227 e. The standard InChI is InChI=1S/C17H26N4O/c1-14-12-19(2)10-11-21(14)17(22)15-6-5-9-20(13-15)16-7-3-4-8-18-16/h3-4,7-8,14-15H,5-6,9-13H2,1-2H3/t14-,15+/m0/s1. The molecule has 0 radical (unpaired) electrons. The van der Waals surface area contributed by atoms with Gasteiger partial charge in [-0.15, -0.1) is 0 Å². The number of carbonyl (C=O) groups excluding carboxylic acids is 1. The van der Waals surface area contributed by atoms with E-state index in [2.05, 4.69) is 33.7 Å². The van der Waals surface area contributed by atoms with Crippen molar-refractivity contribution in [3.8, 4) is 0 Å². The van der Waals surface area contributed by atoms with Crippen LogP contribution in [0.2, 0.25) is 0 Å². The lowest BCUT2D eigenvalue weighted by molar-refractivity contribution is -0.140. The van der Waals surface area contributed by atoms with Crippen LogP contribution in [0.25, 0.3) is 0 Å². The summed E-state index contributed by atoms with van der Waals surface area (Å²) in [6.45, 7) is 6.77. The minimum absolute atomic E-state index is 0.113. The van der Waals surface area contributed by atoms with E-state index in [1.54, 1.807) is 0 Å². The molecule has 0 spiro atoms. The second kappa shape index (κ2) is 6.65. The van der Waals surface area contributed by atoms with Crippen molar-refractivity contribution in [1.29, 1.82) is 0 Å². The number of piperazine rings is 1. The molecule has 2 atom stereocenters. The number of aromatic nitrogens is 1. The fraction of sp³-hybridized carbons (Fsp3) is 0.647. The largest absolute Gasteiger partial charge is 0.356 e. The Balaban J connectivity index is 1.65. The van der Waals surface area contributed by atoms with Gasteiger partial charge in [0.15, 0.2) is 0 Å². The zero-order chi connectivity index (χ0) is 15.5. The van der Waals surface area contributed by atoms with E-state index in [1.165, 1.54) is 0 Å². The van der Waals surface area contributed by atoms with E-state index in [0.29, 0.717) is 11.9 Å². The molecule has 2 saturated heterocycles. The monoisotopic (exact) mass is 302 g/mol. The molecule has 0 unspecified atom stereocenters. The average Bonchev–Trinajstić information content (AvgIpc) is 2.55. The minimum Gasteiger partial charge on any atom is -0.356 e. The van der Waals surface area contributed by atoms with Crippen molar-refractivity contribution < 1.29 is 4.79 Å². The van der Waals surface area contributed by atoms with Gasteiger partial charge in [-0.3, -0.25) is 4.79 Å². The molecule has 2 aliphatic heterocycles. The molecule has 0 N–H and O–H groups in total. The van der Waals surface area contributed by atoms with E-state index >= 15 is 0 Å². The summed E-state index contributed by atoms with van der Waals surface area (Å²) in [6.07, 6.45) is 3.89. The van der Waals surface area contributed by atoms with Crippen LogP contribution in [-0.4, -0.2) is 66.5 Å². The predicted molar refractivity (Wildman–Crippen MR) is 87.8 cm³/mol. The van der Waals surface area contributed by atoms with Crippen LogP contribution in [0.3, 0.4) is 0 Å². The molecule has 3 heterocycles. The normalized spacial score (nSPS) is 27.0. The molecule has 0 bridgehead atoms. The van der Waals surface area contributed by atoms with E-state index in [9.17, 15) is 4.79 Å². The van der Waals surface area contributed by atoms with E-state index < -0.39 is 0 Å². The first-order valence-corrected chi connectivity index (χ1v) is 8.30. The Kier molecular flexibility index (Phi) is 4.62. The zero-order valence-corrected chi connectivity index (χ0v) is 13.6. The molecule has 22 heavy (non-hydrogen) atoms. The predicted octanol–water partition coefficient (Wildman–Crippen LogP) is 1.46. The van der Waals surface area contributed by atoms with Gasteiger partial charge < -0.3 is 14.7 Å². The molecule has 0 aromatic carbocycles. The number of anilines is 1. The fourth-order valence-corrected chi connectivity index (χ4v) is 3.63. The summed E-state index contributed by atoms with van der Waals surface area (Å²) < 4.78 is 0. The third kappa shape index (κ3) is 3.24. The van der Waals surface area contributed by atoms with Crippen LogP contribution in [0.4, 0.5) is 5.82 Å². The maximum atomic E-state index is 12.9. The lowest BCUT2D eigenvalue weighted by atomic mass is 9.95. The van der Waals surface area contributed by atoms with E-state index in [4.69, 9.17) is 0 Å². The number of amides is 1. The molecule has 5 nitrogen and oxygen atoms in total.